The Morgan fingerprint density at radius 3 is 2.27 bits per heavy atom. The monoisotopic (exact) mass is 422 g/mol. The highest BCUT2D eigenvalue weighted by Gasteiger charge is 2.14. The van der Waals surface area contributed by atoms with Crippen molar-refractivity contribution in [2.45, 2.75) is 11.8 Å². The first-order valence-corrected chi connectivity index (χ1v) is 10.7. The number of rotatable bonds is 7. The van der Waals surface area contributed by atoms with Crippen LogP contribution in [0, 0.1) is 6.92 Å². The zero-order chi connectivity index (χ0) is 21.6. The molecule has 154 valence electrons. The lowest BCUT2D eigenvalue weighted by Gasteiger charge is -2.09. The van der Waals surface area contributed by atoms with E-state index >= 15 is 0 Å². The highest BCUT2D eigenvalue weighted by atomic mass is 32.2. The molecule has 7 heteroatoms. The van der Waals surface area contributed by atoms with Crippen molar-refractivity contribution >= 4 is 33.4 Å². The Balaban J connectivity index is 1.63. The molecule has 0 unspecified atom stereocenters. The summed E-state index contributed by atoms with van der Waals surface area (Å²) in [4.78, 5) is 12.2. The summed E-state index contributed by atoms with van der Waals surface area (Å²) in [5.41, 5.74) is 2.80. The maximum absolute atomic E-state index is 12.5. The normalized spacial score (nSPS) is 11.3. The van der Waals surface area contributed by atoms with Crippen LogP contribution in [0.1, 0.15) is 11.1 Å². The molecule has 0 fully saturated rings. The Hall–Kier alpha value is -3.58. The molecule has 2 N–H and O–H groups in total. The van der Waals surface area contributed by atoms with Crippen molar-refractivity contribution in [1.82, 2.24) is 0 Å². The molecule has 0 saturated heterocycles. The van der Waals surface area contributed by atoms with Crippen molar-refractivity contribution in [1.29, 1.82) is 0 Å². The van der Waals surface area contributed by atoms with E-state index in [0.717, 1.165) is 16.9 Å². The van der Waals surface area contributed by atoms with Gasteiger partial charge >= 0.3 is 0 Å². The average molecular weight is 423 g/mol. The van der Waals surface area contributed by atoms with Crippen LogP contribution >= 0.6 is 0 Å². The number of anilines is 2. The molecule has 0 aliphatic heterocycles. The van der Waals surface area contributed by atoms with Crippen LogP contribution in [0.15, 0.2) is 83.8 Å². The van der Waals surface area contributed by atoms with Gasteiger partial charge in [-0.25, -0.2) is 8.42 Å². The summed E-state index contributed by atoms with van der Waals surface area (Å²) in [6, 6.07) is 20.4. The molecule has 30 heavy (non-hydrogen) atoms. The van der Waals surface area contributed by atoms with Crippen LogP contribution in [0.4, 0.5) is 11.4 Å². The molecule has 0 atom stereocenters. The quantitative estimate of drug-likeness (QED) is 0.551. The largest absolute Gasteiger partial charge is 0.497 e. The molecular weight excluding hydrogens is 400 g/mol. The summed E-state index contributed by atoms with van der Waals surface area (Å²) >= 11 is 0. The van der Waals surface area contributed by atoms with Crippen LogP contribution in [-0.4, -0.2) is 21.4 Å². The van der Waals surface area contributed by atoms with Crippen LogP contribution < -0.4 is 14.8 Å². The number of sulfonamides is 1. The topological polar surface area (TPSA) is 84.5 Å². The fourth-order valence-corrected chi connectivity index (χ4v) is 3.76. The van der Waals surface area contributed by atoms with Crippen LogP contribution in [0.5, 0.6) is 5.75 Å². The predicted octanol–water partition coefficient (Wildman–Crippen LogP) is 4.46. The van der Waals surface area contributed by atoms with Gasteiger partial charge in [-0.3, -0.25) is 9.52 Å². The van der Waals surface area contributed by atoms with E-state index in [1.165, 1.54) is 18.2 Å². The fraction of sp³-hybridized carbons (Fsp3) is 0.0870. The number of benzene rings is 3. The molecule has 3 rings (SSSR count). The van der Waals surface area contributed by atoms with Crippen molar-refractivity contribution in [2.24, 2.45) is 0 Å². The van der Waals surface area contributed by atoms with Crippen molar-refractivity contribution in [3.63, 3.8) is 0 Å². The number of amides is 1. The molecule has 0 radical (unpaired) electrons. The highest BCUT2D eigenvalue weighted by Crippen LogP contribution is 2.19. The molecule has 6 nitrogen and oxygen atoms in total. The second-order valence-electron chi connectivity index (χ2n) is 6.60. The molecule has 0 aromatic heterocycles. The van der Waals surface area contributed by atoms with E-state index < -0.39 is 10.0 Å². The molecule has 0 saturated carbocycles. The minimum Gasteiger partial charge on any atom is -0.497 e. The summed E-state index contributed by atoms with van der Waals surface area (Å²) in [6.07, 6.45) is 3.09. The lowest BCUT2D eigenvalue weighted by Crippen LogP contribution is -2.13. The van der Waals surface area contributed by atoms with E-state index in [4.69, 9.17) is 4.74 Å². The third-order valence-electron chi connectivity index (χ3n) is 4.25. The Morgan fingerprint density at radius 1 is 0.933 bits per heavy atom. The third-order valence-corrected chi connectivity index (χ3v) is 5.64. The van der Waals surface area contributed by atoms with E-state index in [-0.39, 0.29) is 10.8 Å². The Bertz CT molecular complexity index is 1150. The van der Waals surface area contributed by atoms with Gasteiger partial charge in [0.2, 0.25) is 5.91 Å². The van der Waals surface area contributed by atoms with Crippen LogP contribution in [0.3, 0.4) is 0 Å². The number of carbonyl (C=O) groups excluding carboxylic acids is 1. The molecule has 3 aromatic rings. The molecule has 0 spiro atoms. The fourth-order valence-electron chi connectivity index (χ4n) is 2.71. The van der Waals surface area contributed by atoms with Crippen LogP contribution in [-0.2, 0) is 14.8 Å². The Morgan fingerprint density at radius 2 is 1.63 bits per heavy atom. The molecule has 0 heterocycles. The van der Waals surface area contributed by atoms with E-state index in [1.54, 1.807) is 43.5 Å². The van der Waals surface area contributed by atoms with E-state index in [2.05, 4.69) is 10.0 Å². The number of hydrogen-bond donors (Lipinski definition) is 2. The second-order valence-corrected chi connectivity index (χ2v) is 8.28. The summed E-state index contributed by atoms with van der Waals surface area (Å²) in [5, 5.41) is 2.70. The molecule has 1 amide bonds. The zero-order valence-corrected chi connectivity index (χ0v) is 17.4. The molecule has 0 aliphatic carbocycles. The SMILES string of the molecule is COc1ccc(/C=C/C(=O)Nc2ccc(S(=O)(=O)Nc3cccc(C)c3)cc2)cc1. The average Bonchev–Trinajstić information content (AvgIpc) is 2.73. The van der Waals surface area contributed by atoms with Gasteiger partial charge in [0.15, 0.2) is 0 Å². The highest BCUT2D eigenvalue weighted by molar-refractivity contribution is 7.92. The van der Waals surface area contributed by atoms with Gasteiger partial charge in [-0.2, -0.15) is 0 Å². The summed E-state index contributed by atoms with van der Waals surface area (Å²) < 4.78 is 32.7. The summed E-state index contributed by atoms with van der Waals surface area (Å²) in [7, 11) is -2.12. The summed E-state index contributed by atoms with van der Waals surface area (Å²) in [5.74, 6) is 0.419. The van der Waals surface area contributed by atoms with Crippen molar-refractivity contribution < 1.29 is 17.9 Å². The molecule has 0 bridgehead atoms. The maximum Gasteiger partial charge on any atom is 0.261 e. The maximum atomic E-state index is 12.5. The Labute approximate surface area is 176 Å². The van der Waals surface area contributed by atoms with Crippen molar-refractivity contribution in [2.75, 3.05) is 17.1 Å². The first-order valence-electron chi connectivity index (χ1n) is 9.18. The number of carbonyl (C=O) groups is 1. The van der Waals surface area contributed by atoms with Crippen molar-refractivity contribution in [3.05, 3.63) is 90.0 Å². The minimum atomic E-state index is -3.71. The van der Waals surface area contributed by atoms with E-state index in [9.17, 15) is 13.2 Å². The number of nitrogens with one attached hydrogen (secondary N) is 2. The van der Waals surface area contributed by atoms with Gasteiger partial charge in [0.05, 0.1) is 12.0 Å². The standard InChI is InChI=1S/C23H22N2O4S/c1-17-4-3-5-20(16-17)25-30(27,28)22-13-9-19(10-14-22)24-23(26)15-8-18-6-11-21(29-2)12-7-18/h3-16,25H,1-2H3,(H,24,26)/b15-8+. The molecule has 3 aromatic carbocycles. The number of hydrogen-bond acceptors (Lipinski definition) is 4. The first-order chi connectivity index (χ1) is 14.4. The van der Waals surface area contributed by atoms with Gasteiger partial charge < -0.3 is 10.1 Å². The summed E-state index contributed by atoms with van der Waals surface area (Å²) in [6.45, 7) is 1.89. The third kappa shape index (κ3) is 5.71. The van der Waals surface area contributed by atoms with Gasteiger partial charge in [0.25, 0.3) is 10.0 Å². The lowest BCUT2D eigenvalue weighted by atomic mass is 10.2. The molecular formula is C23H22N2O4S. The molecule has 0 aliphatic rings. The Kier molecular flexibility index (Phi) is 6.54. The lowest BCUT2D eigenvalue weighted by molar-refractivity contribution is -0.111. The number of aryl methyl sites for hydroxylation is 1. The van der Waals surface area contributed by atoms with E-state index in [0.29, 0.717) is 11.4 Å². The van der Waals surface area contributed by atoms with Crippen LogP contribution in [0.25, 0.3) is 6.08 Å². The van der Waals surface area contributed by atoms with Gasteiger partial charge in [-0.05, 0) is 72.7 Å². The minimum absolute atomic E-state index is 0.107. The number of methoxy groups -OCH3 is 1. The van der Waals surface area contributed by atoms with Crippen LogP contribution in [0.2, 0.25) is 0 Å². The van der Waals surface area contributed by atoms with Gasteiger partial charge in [0.1, 0.15) is 5.75 Å². The predicted molar refractivity (Wildman–Crippen MR) is 119 cm³/mol. The number of ether oxygens (including phenoxy) is 1. The zero-order valence-electron chi connectivity index (χ0n) is 16.6. The first kappa shape index (κ1) is 21.1. The smallest absolute Gasteiger partial charge is 0.261 e. The van der Waals surface area contributed by atoms with E-state index in [1.807, 2.05) is 37.3 Å². The van der Waals surface area contributed by atoms with Gasteiger partial charge in [-0.1, -0.05) is 24.3 Å². The second kappa shape index (κ2) is 9.28. The van der Waals surface area contributed by atoms with Crippen molar-refractivity contribution in [3.8, 4) is 5.75 Å². The van der Waals surface area contributed by atoms with Gasteiger partial charge in [-0.15, -0.1) is 0 Å². The van der Waals surface area contributed by atoms with Gasteiger partial charge in [0, 0.05) is 17.5 Å².